The zero-order valence-corrected chi connectivity index (χ0v) is 23.1. The van der Waals surface area contributed by atoms with E-state index in [1.165, 1.54) is 56.1 Å². The van der Waals surface area contributed by atoms with E-state index in [1.807, 2.05) is 19.1 Å². The zero-order chi connectivity index (χ0) is 29.1. The number of halogens is 1. The summed E-state index contributed by atoms with van der Waals surface area (Å²) in [5.41, 5.74) is 3.73. The number of methoxy groups -OCH3 is 2. The fourth-order valence-electron chi connectivity index (χ4n) is 3.80. The van der Waals surface area contributed by atoms with Gasteiger partial charge in [0.15, 0.2) is 5.82 Å². The fourth-order valence-corrected chi connectivity index (χ4v) is 4.73. The number of aryl methyl sites for hydroxylation is 1. The van der Waals surface area contributed by atoms with E-state index >= 15 is 0 Å². The number of aromatic nitrogens is 5. The minimum Gasteiger partial charge on any atom is -0.480 e. The molecule has 1 aromatic carbocycles. The predicted octanol–water partition coefficient (Wildman–Crippen LogP) is 4.96. The van der Waals surface area contributed by atoms with Crippen molar-refractivity contribution in [1.82, 2.24) is 24.9 Å². The third kappa shape index (κ3) is 6.11. The minimum atomic E-state index is -0.782. The summed E-state index contributed by atoms with van der Waals surface area (Å²) in [5, 5.41) is 3.07. The third-order valence-electron chi connectivity index (χ3n) is 5.68. The molecule has 1 N–H and O–H groups in total. The Kier molecular flexibility index (Phi) is 7.83. The molecule has 0 aliphatic rings. The van der Waals surface area contributed by atoms with Gasteiger partial charge < -0.3 is 18.9 Å². The van der Waals surface area contributed by atoms with Crippen molar-refractivity contribution in [2.75, 3.05) is 26.1 Å². The first kappa shape index (κ1) is 27.6. The Hall–Kier alpha value is -4.98. The first-order valence-electron chi connectivity index (χ1n) is 12.2. The monoisotopic (exact) mass is 578 g/mol. The molecule has 0 aliphatic carbocycles. The van der Waals surface area contributed by atoms with Gasteiger partial charge in [0.2, 0.25) is 5.88 Å². The number of amides is 1. The van der Waals surface area contributed by atoms with E-state index in [9.17, 15) is 14.0 Å². The Morgan fingerprint density at radius 3 is 2.61 bits per heavy atom. The van der Waals surface area contributed by atoms with Gasteiger partial charge in [-0.2, -0.15) is 4.98 Å². The maximum atomic E-state index is 14.9. The third-order valence-corrected chi connectivity index (χ3v) is 6.68. The highest BCUT2D eigenvalue weighted by Crippen LogP contribution is 2.35. The van der Waals surface area contributed by atoms with Gasteiger partial charge >= 0.3 is 12.1 Å². The number of fused-ring (bicyclic) bond motifs is 2. The number of benzene rings is 1. The maximum absolute atomic E-state index is 14.9. The molecule has 0 unspecified atom stereocenters. The molecule has 5 aromatic rings. The molecule has 4 aromatic heterocycles. The molecule has 0 radical (unpaired) electrons. The maximum Gasteiger partial charge on any atom is 0.411 e. The second-order valence-corrected chi connectivity index (χ2v) is 9.76. The number of nitrogens with zero attached hydrogens (tertiary/aromatic N) is 5. The van der Waals surface area contributed by atoms with Crippen LogP contribution in [-0.2, 0) is 9.47 Å². The average molecular weight is 579 g/mol. The highest BCUT2D eigenvalue weighted by molar-refractivity contribution is 7.21. The van der Waals surface area contributed by atoms with Crippen LogP contribution in [-0.4, -0.2) is 63.9 Å². The van der Waals surface area contributed by atoms with Gasteiger partial charge in [-0.05, 0) is 43.7 Å². The van der Waals surface area contributed by atoms with E-state index in [1.54, 1.807) is 6.92 Å². The molecule has 1 atom stereocenters. The second-order valence-electron chi connectivity index (χ2n) is 8.79. The van der Waals surface area contributed by atoms with E-state index in [0.717, 1.165) is 11.1 Å². The highest BCUT2D eigenvalue weighted by Gasteiger charge is 2.19. The number of carbonyl (C=O) groups excluding carboxylic acids is 2. The number of ether oxygens (including phenoxy) is 4. The molecule has 14 heteroatoms. The number of esters is 1. The predicted molar refractivity (Wildman–Crippen MR) is 148 cm³/mol. The molecule has 0 aliphatic heterocycles. The molecule has 4 heterocycles. The molecule has 1 amide bonds. The van der Waals surface area contributed by atoms with E-state index in [2.05, 4.69) is 35.0 Å². The van der Waals surface area contributed by atoms with E-state index in [4.69, 9.17) is 14.2 Å². The van der Waals surface area contributed by atoms with Crippen LogP contribution in [0, 0.1) is 12.7 Å². The summed E-state index contributed by atoms with van der Waals surface area (Å²) in [4.78, 5) is 45.8. The number of carbonyl (C=O) groups is 2. The average Bonchev–Trinajstić information content (AvgIpc) is 3.37. The number of hydrogen-bond donors (Lipinski definition) is 1. The molecule has 41 heavy (non-hydrogen) atoms. The van der Waals surface area contributed by atoms with Gasteiger partial charge in [0, 0.05) is 11.6 Å². The van der Waals surface area contributed by atoms with E-state index < -0.39 is 24.0 Å². The van der Waals surface area contributed by atoms with Crippen LogP contribution in [0.2, 0.25) is 0 Å². The van der Waals surface area contributed by atoms with Gasteiger partial charge in [0.1, 0.15) is 33.8 Å². The molecular formula is C27H23FN6O6S. The van der Waals surface area contributed by atoms with Crippen molar-refractivity contribution in [2.24, 2.45) is 0 Å². The number of hydrogen-bond acceptors (Lipinski definition) is 12. The van der Waals surface area contributed by atoms with Crippen molar-refractivity contribution in [3.8, 4) is 22.3 Å². The van der Waals surface area contributed by atoms with Crippen molar-refractivity contribution in [2.45, 2.75) is 20.0 Å². The molecular weight excluding hydrogens is 555 g/mol. The summed E-state index contributed by atoms with van der Waals surface area (Å²) in [5.74, 6) is -1.16. The Morgan fingerprint density at radius 1 is 1.05 bits per heavy atom. The Labute approximate surface area is 236 Å². The number of thiazole rings is 1. The molecule has 210 valence electrons. The van der Waals surface area contributed by atoms with Crippen molar-refractivity contribution in [3.63, 3.8) is 0 Å². The summed E-state index contributed by atoms with van der Waals surface area (Å²) >= 11 is 1.26. The Bertz CT molecular complexity index is 1760. The number of anilines is 1. The Balaban J connectivity index is 1.27. The first-order chi connectivity index (χ1) is 19.7. The van der Waals surface area contributed by atoms with E-state index in [0.29, 0.717) is 38.0 Å². The van der Waals surface area contributed by atoms with Crippen LogP contribution in [0.15, 0.2) is 42.7 Å². The van der Waals surface area contributed by atoms with Crippen LogP contribution in [0.25, 0.3) is 32.0 Å². The summed E-state index contributed by atoms with van der Waals surface area (Å²) < 4.78 is 35.4. The van der Waals surface area contributed by atoms with Crippen LogP contribution in [0.5, 0.6) is 11.8 Å². The first-order valence-corrected chi connectivity index (χ1v) is 13.0. The van der Waals surface area contributed by atoms with Crippen molar-refractivity contribution in [1.29, 1.82) is 0 Å². The van der Waals surface area contributed by atoms with Gasteiger partial charge in [0.25, 0.3) is 5.88 Å². The van der Waals surface area contributed by atoms with Gasteiger partial charge in [-0.3, -0.25) is 5.32 Å². The minimum absolute atomic E-state index is 0.0922. The number of pyridine rings is 2. The van der Waals surface area contributed by atoms with Crippen molar-refractivity contribution < 1.29 is 32.9 Å². The van der Waals surface area contributed by atoms with Crippen molar-refractivity contribution >= 4 is 50.5 Å². The summed E-state index contributed by atoms with van der Waals surface area (Å²) in [7, 11) is 2.76. The largest absolute Gasteiger partial charge is 0.480 e. The second kappa shape index (κ2) is 11.6. The molecule has 5 rings (SSSR count). The van der Waals surface area contributed by atoms with Crippen molar-refractivity contribution in [3.05, 3.63) is 59.8 Å². The summed E-state index contributed by atoms with van der Waals surface area (Å²) in [6, 6.07) is 7.95. The topological polar surface area (TPSA) is 148 Å². The zero-order valence-electron chi connectivity index (χ0n) is 22.3. The highest BCUT2D eigenvalue weighted by atomic mass is 32.1. The Morgan fingerprint density at radius 2 is 1.88 bits per heavy atom. The van der Waals surface area contributed by atoms with Crippen LogP contribution >= 0.6 is 11.3 Å². The lowest BCUT2D eigenvalue weighted by molar-refractivity contribution is 0.0594. The van der Waals surface area contributed by atoms with Crippen LogP contribution in [0.3, 0.4) is 0 Å². The standard InChI is InChI=1S/C27H23FN6O6S/c1-13-7-16(22-19(8-13)32-21(37-3)11-30-22)24-33-20-9-17(28)23(34-25(20)41-24)40-14(2)12-39-27(36)31-15-5-6-18(29-10-15)26(35)38-4/h5-11,14H,12H2,1-4H3,(H,31,36)/t14-/m0/s1. The van der Waals surface area contributed by atoms with Gasteiger partial charge in [-0.25, -0.2) is 33.9 Å². The molecule has 0 fully saturated rings. The molecule has 0 bridgehead atoms. The van der Waals surface area contributed by atoms with E-state index in [-0.39, 0.29) is 18.2 Å². The fraction of sp³-hybridized carbons (Fsp3) is 0.222. The lowest BCUT2D eigenvalue weighted by Gasteiger charge is -2.15. The van der Waals surface area contributed by atoms with Crippen LogP contribution < -0.4 is 14.8 Å². The molecule has 0 saturated carbocycles. The molecule has 0 spiro atoms. The quantitative estimate of drug-likeness (QED) is 0.249. The van der Waals surface area contributed by atoms with Gasteiger partial charge in [-0.1, -0.05) is 11.3 Å². The smallest absolute Gasteiger partial charge is 0.411 e. The lowest BCUT2D eigenvalue weighted by atomic mass is 10.1. The SMILES string of the molecule is COC(=O)c1ccc(NC(=O)OC[C@H](C)Oc2nc3sc(-c4cc(C)cc5nc(OC)cnc45)nc3cc2F)cn1. The normalized spacial score (nSPS) is 11.7. The van der Waals surface area contributed by atoms with Gasteiger partial charge in [0.05, 0.1) is 43.3 Å². The number of rotatable bonds is 8. The number of nitrogens with one attached hydrogen (secondary N) is 1. The summed E-state index contributed by atoms with van der Waals surface area (Å²) in [6.07, 6.45) is 1.31. The molecule has 0 saturated heterocycles. The van der Waals surface area contributed by atoms with Crippen LogP contribution in [0.1, 0.15) is 23.0 Å². The summed E-state index contributed by atoms with van der Waals surface area (Å²) in [6.45, 7) is 3.35. The molecule has 12 nitrogen and oxygen atoms in total. The lowest BCUT2D eigenvalue weighted by Crippen LogP contribution is -2.24. The van der Waals surface area contributed by atoms with Gasteiger partial charge in [-0.15, -0.1) is 0 Å². The van der Waals surface area contributed by atoms with Crippen LogP contribution in [0.4, 0.5) is 14.9 Å².